The highest BCUT2D eigenvalue weighted by atomic mass is 32.3. The van der Waals surface area contributed by atoms with Crippen LogP contribution in [0.25, 0.3) is 0 Å². The number of aromatic nitrogens is 2. The van der Waals surface area contributed by atoms with Crippen molar-refractivity contribution in [3.8, 4) is 6.01 Å². The second-order valence-electron chi connectivity index (χ2n) is 7.02. The van der Waals surface area contributed by atoms with Gasteiger partial charge < -0.3 is 15.4 Å². The molecular weight excluding hydrogens is 498 g/mol. The molecule has 0 atom stereocenters. The van der Waals surface area contributed by atoms with E-state index < -0.39 is 25.9 Å². The minimum atomic E-state index is -4.74. The van der Waals surface area contributed by atoms with E-state index in [1.54, 1.807) is 0 Å². The highest BCUT2D eigenvalue weighted by molar-refractivity contribution is 8.10. The average Bonchev–Trinajstić information content (AvgIpc) is 2.79. The largest absolute Gasteiger partial charge is 0.467 e. The van der Waals surface area contributed by atoms with Gasteiger partial charge in [-0.25, -0.2) is 4.98 Å². The van der Waals surface area contributed by atoms with Gasteiger partial charge in [-0.15, -0.1) is 3.71 Å². The van der Waals surface area contributed by atoms with Crippen LogP contribution < -0.4 is 19.1 Å². The van der Waals surface area contributed by atoms with Crippen molar-refractivity contribution in [2.45, 2.75) is 23.6 Å². The van der Waals surface area contributed by atoms with Gasteiger partial charge in [-0.2, -0.15) is 21.8 Å². The van der Waals surface area contributed by atoms with E-state index in [1.165, 1.54) is 45.2 Å². The molecule has 0 fully saturated rings. The number of nitrogens with one attached hydrogen (secondary N) is 2. The van der Waals surface area contributed by atoms with E-state index in [-0.39, 0.29) is 31.3 Å². The van der Waals surface area contributed by atoms with Crippen LogP contribution >= 0.6 is 0 Å². The van der Waals surface area contributed by atoms with Crippen LogP contribution in [0.3, 0.4) is 0 Å². The monoisotopic (exact) mass is 519 g/mol. The topological polar surface area (TPSA) is 165 Å². The van der Waals surface area contributed by atoms with Gasteiger partial charge in [0.05, 0.1) is 16.9 Å². The minimum absolute atomic E-state index is 0.172. The Labute approximate surface area is 202 Å². The predicted molar refractivity (Wildman–Crippen MR) is 127 cm³/mol. The number of amides is 2. The lowest BCUT2D eigenvalue weighted by Crippen LogP contribution is -2.37. The molecule has 184 valence electrons. The molecule has 1 heterocycles. The Kier molecular flexibility index (Phi) is 7.36. The van der Waals surface area contributed by atoms with Gasteiger partial charge in [0.2, 0.25) is 11.8 Å². The molecular formula is C21H21N5O7S2. The fourth-order valence-electron chi connectivity index (χ4n) is 2.93. The molecule has 14 heteroatoms. The smallest absolute Gasteiger partial charge is 0.318 e. The molecule has 3 aromatic rings. The quantitative estimate of drug-likeness (QED) is 0.453. The van der Waals surface area contributed by atoms with Crippen molar-refractivity contribution in [2.75, 3.05) is 21.5 Å². The van der Waals surface area contributed by atoms with Gasteiger partial charge in [-0.3, -0.25) is 9.59 Å². The predicted octanol–water partition coefficient (Wildman–Crippen LogP) is 1.99. The maximum Gasteiger partial charge on any atom is 0.318 e. The summed E-state index contributed by atoms with van der Waals surface area (Å²) >= 11 is 0. The third-order valence-electron chi connectivity index (χ3n) is 4.37. The number of nitrogens with zero attached hydrogens (tertiary/aromatic N) is 3. The van der Waals surface area contributed by atoms with Gasteiger partial charge in [0.1, 0.15) is 0 Å². The van der Waals surface area contributed by atoms with Gasteiger partial charge in [0.15, 0.2) is 5.82 Å². The van der Waals surface area contributed by atoms with Crippen molar-refractivity contribution in [3.05, 3.63) is 60.8 Å². The van der Waals surface area contributed by atoms with Crippen molar-refractivity contribution in [3.63, 3.8) is 0 Å². The van der Waals surface area contributed by atoms with E-state index in [2.05, 4.69) is 20.6 Å². The Hall–Kier alpha value is -4.04. The molecule has 0 aliphatic carbocycles. The van der Waals surface area contributed by atoms with Crippen molar-refractivity contribution in [2.24, 2.45) is 0 Å². The number of hydrogen-bond donors (Lipinski definition) is 2. The van der Waals surface area contributed by atoms with Crippen LogP contribution in [0.1, 0.15) is 13.8 Å². The van der Waals surface area contributed by atoms with Crippen LogP contribution in [0.2, 0.25) is 0 Å². The Morgan fingerprint density at radius 2 is 1.20 bits per heavy atom. The normalized spacial score (nSPS) is 11.4. The molecule has 12 nitrogen and oxygen atoms in total. The third-order valence-corrected chi connectivity index (χ3v) is 8.53. The fourth-order valence-corrected chi connectivity index (χ4v) is 6.51. The number of rotatable bonds is 8. The van der Waals surface area contributed by atoms with Crippen molar-refractivity contribution in [1.29, 1.82) is 0 Å². The molecule has 2 aromatic carbocycles. The first-order valence-corrected chi connectivity index (χ1v) is 12.8. The fraction of sp³-hybridized carbons (Fsp3) is 0.143. The molecule has 3 rings (SSSR count). The van der Waals surface area contributed by atoms with Crippen LogP contribution in [-0.4, -0.2) is 45.7 Å². The Morgan fingerprint density at radius 1 is 0.771 bits per heavy atom. The van der Waals surface area contributed by atoms with Crippen LogP contribution in [-0.2, 0) is 29.6 Å². The second kappa shape index (κ2) is 10.1. The molecule has 0 unspecified atom stereocenters. The van der Waals surface area contributed by atoms with Crippen LogP contribution in [0.15, 0.2) is 70.6 Å². The number of ether oxygens (including phenoxy) is 1. The molecule has 0 aliphatic heterocycles. The molecule has 0 saturated heterocycles. The van der Waals surface area contributed by atoms with Gasteiger partial charge in [-0.1, -0.05) is 0 Å². The number of carbonyl (C=O) groups excluding carboxylic acids is 2. The van der Waals surface area contributed by atoms with E-state index in [4.69, 9.17) is 4.74 Å². The van der Waals surface area contributed by atoms with Gasteiger partial charge >= 0.3 is 6.01 Å². The Bertz CT molecular complexity index is 1370. The zero-order chi connectivity index (χ0) is 25.8. The summed E-state index contributed by atoms with van der Waals surface area (Å²) in [5, 5.41) is 5.00. The SMILES string of the molecule is COc1nccc(N(S(=O)(=O)c2ccc(NC(C)=O)cc2)S(=O)(=O)c2ccc(NC(C)=O)cc2)n1. The van der Waals surface area contributed by atoms with E-state index in [9.17, 15) is 26.4 Å². The van der Waals surface area contributed by atoms with Gasteiger partial charge in [0.25, 0.3) is 20.0 Å². The first-order valence-electron chi connectivity index (χ1n) is 9.88. The van der Waals surface area contributed by atoms with Crippen molar-refractivity contribution < 1.29 is 31.2 Å². The molecule has 0 bridgehead atoms. The summed E-state index contributed by atoms with van der Waals surface area (Å²) in [4.78, 5) is 29.5. The number of methoxy groups -OCH3 is 1. The lowest BCUT2D eigenvalue weighted by atomic mass is 10.3. The molecule has 2 amide bonds. The minimum Gasteiger partial charge on any atom is -0.467 e. The number of hydrogen-bond acceptors (Lipinski definition) is 9. The Morgan fingerprint density at radius 3 is 1.57 bits per heavy atom. The molecule has 35 heavy (non-hydrogen) atoms. The van der Waals surface area contributed by atoms with Crippen LogP contribution in [0.5, 0.6) is 6.01 Å². The number of sulfonamides is 2. The summed E-state index contributed by atoms with van der Waals surface area (Å²) in [6, 6.07) is 10.8. The van der Waals surface area contributed by atoms with E-state index in [0.29, 0.717) is 11.4 Å². The average molecular weight is 520 g/mol. The highest BCUT2D eigenvalue weighted by Crippen LogP contribution is 2.31. The van der Waals surface area contributed by atoms with Gasteiger partial charge in [-0.05, 0) is 48.5 Å². The zero-order valence-corrected chi connectivity index (χ0v) is 20.4. The summed E-state index contributed by atoms with van der Waals surface area (Å²) in [6.45, 7) is 2.58. The summed E-state index contributed by atoms with van der Waals surface area (Å²) in [7, 11) is -8.24. The lowest BCUT2D eigenvalue weighted by molar-refractivity contribution is -0.115. The third kappa shape index (κ3) is 5.73. The molecule has 0 saturated carbocycles. The zero-order valence-electron chi connectivity index (χ0n) is 18.8. The second-order valence-corrected chi connectivity index (χ2v) is 10.8. The molecule has 0 radical (unpaired) electrons. The number of anilines is 3. The molecule has 0 spiro atoms. The first kappa shape index (κ1) is 25.6. The number of carbonyl (C=O) groups is 2. The standard InChI is InChI=1S/C21H21N5O7S2/c1-14(27)23-16-4-8-18(9-5-16)34(29,30)26(20-12-13-22-21(25-20)33-3)35(31,32)19-10-6-17(7-11-19)24-15(2)28/h4-13H,1-3H3,(H,23,27)(H,24,28). The Balaban J connectivity index is 2.15. The lowest BCUT2D eigenvalue weighted by Gasteiger charge is -2.23. The van der Waals surface area contributed by atoms with E-state index in [1.807, 2.05) is 0 Å². The van der Waals surface area contributed by atoms with Crippen LogP contribution in [0.4, 0.5) is 17.2 Å². The van der Waals surface area contributed by atoms with E-state index in [0.717, 1.165) is 36.5 Å². The number of benzene rings is 2. The summed E-state index contributed by atoms with van der Waals surface area (Å²) in [6.07, 6.45) is 1.15. The van der Waals surface area contributed by atoms with E-state index >= 15 is 0 Å². The first-order chi connectivity index (χ1) is 16.4. The van der Waals surface area contributed by atoms with Crippen molar-refractivity contribution >= 4 is 49.1 Å². The summed E-state index contributed by atoms with van der Waals surface area (Å²) in [5.74, 6) is -1.20. The molecule has 0 aliphatic rings. The van der Waals surface area contributed by atoms with Crippen molar-refractivity contribution in [1.82, 2.24) is 9.97 Å². The highest BCUT2D eigenvalue weighted by Gasteiger charge is 2.38. The summed E-state index contributed by atoms with van der Waals surface area (Å²) < 4.78 is 59.5. The maximum atomic E-state index is 13.6. The van der Waals surface area contributed by atoms with Gasteiger partial charge in [0, 0.05) is 37.5 Å². The maximum absolute atomic E-state index is 13.6. The molecule has 2 N–H and O–H groups in total. The van der Waals surface area contributed by atoms with Crippen LogP contribution in [0, 0.1) is 0 Å². The summed E-state index contributed by atoms with van der Waals surface area (Å²) in [5.41, 5.74) is 0.645. The molecule has 1 aromatic heterocycles.